The number of carbonyl (C=O) groups excluding carboxylic acids is 3. The van der Waals surface area contributed by atoms with E-state index in [4.69, 9.17) is 5.73 Å². The van der Waals surface area contributed by atoms with E-state index in [1.165, 1.54) is 0 Å². The number of imide groups is 1. The highest BCUT2D eigenvalue weighted by atomic mass is 16.2. The van der Waals surface area contributed by atoms with Crippen LogP contribution in [-0.4, -0.2) is 53.2 Å². The Balaban J connectivity index is 1.73. The van der Waals surface area contributed by atoms with E-state index in [1.807, 2.05) is 6.92 Å². The van der Waals surface area contributed by atoms with Gasteiger partial charge in [0.2, 0.25) is 5.91 Å². The van der Waals surface area contributed by atoms with Crippen LogP contribution in [0.3, 0.4) is 0 Å². The zero-order valence-corrected chi connectivity index (χ0v) is 12.5. The molecule has 1 fully saturated rings. The summed E-state index contributed by atoms with van der Waals surface area (Å²) < 4.78 is 0. The fourth-order valence-electron chi connectivity index (χ4n) is 2.93. The van der Waals surface area contributed by atoms with Crippen LogP contribution in [0.25, 0.3) is 0 Å². The number of rotatable bonds is 2. The Labute approximate surface area is 128 Å². The first-order valence-corrected chi connectivity index (χ1v) is 7.47. The Morgan fingerprint density at radius 1 is 1.18 bits per heavy atom. The monoisotopic (exact) mass is 301 g/mol. The molecule has 1 saturated heterocycles. The van der Waals surface area contributed by atoms with Gasteiger partial charge in [-0.15, -0.1) is 0 Å². The zero-order chi connectivity index (χ0) is 15.9. The van der Waals surface area contributed by atoms with Crippen molar-refractivity contribution in [3.05, 3.63) is 34.9 Å². The van der Waals surface area contributed by atoms with E-state index < -0.39 is 0 Å². The number of carbonyl (C=O) groups is 3. The average molecular weight is 301 g/mol. The number of amides is 3. The van der Waals surface area contributed by atoms with Gasteiger partial charge >= 0.3 is 0 Å². The highest BCUT2D eigenvalue weighted by Crippen LogP contribution is 2.24. The van der Waals surface area contributed by atoms with Crippen molar-refractivity contribution < 1.29 is 14.4 Å². The lowest BCUT2D eigenvalue weighted by molar-refractivity contribution is -0.132. The number of hydrogen-bond donors (Lipinski definition) is 1. The first-order chi connectivity index (χ1) is 10.5. The van der Waals surface area contributed by atoms with Crippen LogP contribution >= 0.6 is 0 Å². The van der Waals surface area contributed by atoms with Gasteiger partial charge in [-0.3, -0.25) is 19.3 Å². The van der Waals surface area contributed by atoms with Crippen molar-refractivity contribution in [2.24, 2.45) is 5.73 Å². The quantitative estimate of drug-likeness (QED) is 0.808. The van der Waals surface area contributed by atoms with Gasteiger partial charge in [0.25, 0.3) is 11.8 Å². The molecule has 0 unspecified atom stereocenters. The molecule has 0 saturated carbocycles. The van der Waals surface area contributed by atoms with Gasteiger partial charge in [0.1, 0.15) is 6.54 Å². The van der Waals surface area contributed by atoms with Crippen LogP contribution in [0.5, 0.6) is 0 Å². The highest BCUT2D eigenvalue weighted by molar-refractivity contribution is 6.22. The molecule has 6 heteroatoms. The van der Waals surface area contributed by atoms with Crippen LogP contribution in [0, 0.1) is 6.92 Å². The summed E-state index contributed by atoms with van der Waals surface area (Å²) in [6.07, 6.45) is 1.51. The molecule has 2 N–H and O–H groups in total. The maximum Gasteiger partial charge on any atom is 0.262 e. The summed E-state index contributed by atoms with van der Waals surface area (Å²) >= 11 is 0. The van der Waals surface area contributed by atoms with E-state index in [0.29, 0.717) is 24.2 Å². The van der Waals surface area contributed by atoms with Gasteiger partial charge in [0.15, 0.2) is 0 Å². The molecule has 22 heavy (non-hydrogen) atoms. The van der Waals surface area contributed by atoms with Crippen LogP contribution < -0.4 is 5.73 Å². The van der Waals surface area contributed by atoms with E-state index in [9.17, 15) is 14.4 Å². The molecule has 0 spiro atoms. The Kier molecular flexibility index (Phi) is 3.70. The molecule has 116 valence electrons. The number of aryl methyl sites for hydroxylation is 1. The molecule has 3 amide bonds. The average Bonchev–Trinajstić information content (AvgIpc) is 2.72. The molecular weight excluding hydrogens is 282 g/mol. The first-order valence-electron chi connectivity index (χ1n) is 7.47. The van der Waals surface area contributed by atoms with Gasteiger partial charge < -0.3 is 10.6 Å². The lowest BCUT2D eigenvalue weighted by atomic mass is 10.1. The molecule has 2 heterocycles. The number of nitrogens with two attached hydrogens (primary N) is 1. The molecular formula is C16H19N3O3. The Hall–Kier alpha value is -2.21. The lowest BCUT2D eigenvalue weighted by Crippen LogP contribution is -2.47. The summed E-state index contributed by atoms with van der Waals surface area (Å²) in [7, 11) is 0. The second kappa shape index (κ2) is 5.53. The Morgan fingerprint density at radius 3 is 2.50 bits per heavy atom. The smallest absolute Gasteiger partial charge is 0.262 e. The predicted molar refractivity (Wildman–Crippen MR) is 80.3 cm³/mol. The zero-order valence-electron chi connectivity index (χ0n) is 12.5. The third-order valence-electron chi connectivity index (χ3n) is 4.31. The summed E-state index contributed by atoms with van der Waals surface area (Å²) in [6, 6.07) is 5.27. The molecule has 0 aromatic heterocycles. The molecule has 0 radical (unpaired) electrons. The van der Waals surface area contributed by atoms with Gasteiger partial charge in [-0.25, -0.2) is 0 Å². The van der Waals surface area contributed by atoms with Crippen LogP contribution in [0.4, 0.5) is 0 Å². The third kappa shape index (κ3) is 2.50. The summed E-state index contributed by atoms with van der Waals surface area (Å²) in [6.45, 7) is 2.84. The maximum absolute atomic E-state index is 12.3. The van der Waals surface area contributed by atoms with Crippen molar-refractivity contribution in [2.45, 2.75) is 25.8 Å². The Morgan fingerprint density at radius 2 is 1.82 bits per heavy atom. The molecule has 1 aromatic carbocycles. The van der Waals surface area contributed by atoms with E-state index >= 15 is 0 Å². The summed E-state index contributed by atoms with van der Waals surface area (Å²) in [5, 5.41) is 0. The van der Waals surface area contributed by atoms with Crippen molar-refractivity contribution in [2.75, 3.05) is 19.6 Å². The number of benzene rings is 1. The third-order valence-corrected chi connectivity index (χ3v) is 4.31. The minimum atomic E-state index is -0.387. The highest BCUT2D eigenvalue weighted by Gasteiger charge is 2.37. The molecule has 2 aliphatic rings. The minimum absolute atomic E-state index is 0.131. The van der Waals surface area contributed by atoms with Crippen molar-refractivity contribution in [3.63, 3.8) is 0 Å². The fraction of sp³-hybridized carbons (Fsp3) is 0.438. The number of piperidine rings is 1. The minimum Gasteiger partial charge on any atom is -0.341 e. The van der Waals surface area contributed by atoms with Crippen LogP contribution in [0.15, 0.2) is 18.2 Å². The topological polar surface area (TPSA) is 83.7 Å². The number of nitrogens with zero attached hydrogens (tertiary/aromatic N) is 2. The Bertz CT molecular complexity index is 648. The second-order valence-corrected chi connectivity index (χ2v) is 5.96. The summed E-state index contributed by atoms with van der Waals surface area (Å²) in [5.41, 5.74) is 7.50. The van der Waals surface area contributed by atoms with E-state index in [1.54, 1.807) is 23.1 Å². The van der Waals surface area contributed by atoms with Crippen molar-refractivity contribution in [1.82, 2.24) is 9.80 Å². The van der Waals surface area contributed by atoms with Crippen LogP contribution in [0.1, 0.15) is 39.1 Å². The van der Waals surface area contributed by atoms with Crippen molar-refractivity contribution in [1.29, 1.82) is 0 Å². The predicted octanol–water partition coefficient (Wildman–Crippen LogP) is 0.541. The molecule has 2 aliphatic heterocycles. The second-order valence-electron chi connectivity index (χ2n) is 5.96. The number of hydrogen-bond acceptors (Lipinski definition) is 4. The van der Waals surface area contributed by atoms with Gasteiger partial charge in [-0.05, 0) is 31.9 Å². The molecule has 0 atom stereocenters. The van der Waals surface area contributed by atoms with Crippen molar-refractivity contribution >= 4 is 17.7 Å². The SMILES string of the molecule is Cc1ccc2c(c1)C(=O)N(CC(=O)N1CCC(N)CC1)C2=O. The molecule has 3 rings (SSSR count). The molecule has 0 bridgehead atoms. The van der Waals surface area contributed by atoms with E-state index in [2.05, 4.69) is 0 Å². The standard InChI is InChI=1S/C16H19N3O3/c1-10-2-3-12-13(8-10)16(22)19(15(12)21)9-14(20)18-6-4-11(17)5-7-18/h2-3,8,11H,4-7,9,17H2,1H3. The largest absolute Gasteiger partial charge is 0.341 e. The molecule has 1 aromatic rings. The van der Waals surface area contributed by atoms with Crippen LogP contribution in [0.2, 0.25) is 0 Å². The van der Waals surface area contributed by atoms with Gasteiger partial charge in [-0.1, -0.05) is 11.6 Å². The van der Waals surface area contributed by atoms with Gasteiger partial charge in [0, 0.05) is 19.1 Å². The normalized spacial score (nSPS) is 18.8. The van der Waals surface area contributed by atoms with Gasteiger partial charge in [0.05, 0.1) is 11.1 Å². The first kappa shape index (κ1) is 14.7. The summed E-state index contributed by atoms with van der Waals surface area (Å²) in [4.78, 5) is 39.7. The van der Waals surface area contributed by atoms with E-state index in [0.717, 1.165) is 23.3 Å². The summed E-state index contributed by atoms with van der Waals surface area (Å²) in [5.74, 6) is -0.967. The van der Waals surface area contributed by atoms with E-state index in [-0.39, 0.29) is 30.3 Å². The van der Waals surface area contributed by atoms with Gasteiger partial charge in [-0.2, -0.15) is 0 Å². The number of likely N-dealkylation sites (tertiary alicyclic amines) is 1. The molecule has 6 nitrogen and oxygen atoms in total. The van der Waals surface area contributed by atoms with Crippen LogP contribution in [-0.2, 0) is 4.79 Å². The fourth-order valence-corrected chi connectivity index (χ4v) is 2.93. The molecule has 0 aliphatic carbocycles. The maximum atomic E-state index is 12.3. The lowest BCUT2D eigenvalue weighted by Gasteiger charge is -2.31. The number of fused-ring (bicyclic) bond motifs is 1. The van der Waals surface area contributed by atoms with Crippen molar-refractivity contribution in [3.8, 4) is 0 Å².